The third-order valence-electron chi connectivity index (χ3n) is 1.87. The van der Waals surface area contributed by atoms with E-state index in [1.54, 1.807) is 0 Å². The molecule has 0 saturated heterocycles. The van der Waals surface area contributed by atoms with E-state index in [1.807, 2.05) is 51.1 Å². The molecule has 0 N–H and O–H groups in total. The van der Waals surface area contributed by atoms with Gasteiger partial charge < -0.3 is 9.47 Å². The van der Waals surface area contributed by atoms with Crippen molar-refractivity contribution < 1.29 is 9.47 Å². The van der Waals surface area contributed by atoms with Crippen molar-refractivity contribution in [2.45, 2.75) is 33.2 Å². The van der Waals surface area contributed by atoms with Crippen molar-refractivity contribution in [3.05, 3.63) is 42.5 Å². The fourth-order valence-electron chi connectivity index (χ4n) is 1.30. The van der Waals surface area contributed by atoms with Crippen molar-refractivity contribution in [2.24, 2.45) is 0 Å². The summed E-state index contributed by atoms with van der Waals surface area (Å²) >= 11 is 0. The first-order valence-corrected chi connectivity index (χ1v) is 5.16. The number of hydrogen-bond acceptors (Lipinski definition) is 2. The largest absolute Gasteiger partial charge is 0.465 e. The lowest BCUT2D eigenvalue weighted by atomic mass is 10.2. The molecular weight excluding hydrogens is 188 g/mol. The molecule has 0 spiro atoms. The number of benzene rings is 1. The Balaban J connectivity index is 2.49. The molecule has 82 valence electrons. The van der Waals surface area contributed by atoms with Crippen molar-refractivity contribution in [3.8, 4) is 0 Å². The smallest absolute Gasteiger partial charge is 0.197 e. The van der Waals surface area contributed by atoms with Crippen LogP contribution >= 0.6 is 0 Å². The maximum absolute atomic E-state index is 5.53. The van der Waals surface area contributed by atoms with Gasteiger partial charge in [0.25, 0.3) is 0 Å². The van der Waals surface area contributed by atoms with Crippen LogP contribution in [-0.2, 0) is 9.47 Å². The van der Waals surface area contributed by atoms with Crippen molar-refractivity contribution >= 4 is 5.76 Å². The Hall–Kier alpha value is -1.28. The lowest BCUT2D eigenvalue weighted by Gasteiger charge is -2.19. The van der Waals surface area contributed by atoms with Crippen LogP contribution in [0.15, 0.2) is 36.9 Å². The molecule has 1 aromatic carbocycles. The summed E-state index contributed by atoms with van der Waals surface area (Å²) in [5.41, 5.74) is 0.983. The van der Waals surface area contributed by atoms with E-state index in [1.165, 1.54) is 0 Å². The van der Waals surface area contributed by atoms with Crippen LogP contribution in [0.25, 0.3) is 5.76 Å². The molecule has 1 atom stereocenters. The highest BCUT2D eigenvalue weighted by Gasteiger charge is 2.07. The highest BCUT2D eigenvalue weighted by Crippen LogP contribution is 2.16. The summed E-state index contributed by atoms with van der Waals surface area (Å²) in [6.45, 7) is 9.69. The summed E-state index contributed by atoms with van der Waals surface area (Å²) in [7, 11) is 0. The van der Waals surface area contributed by atoms with E-state index in [4.69, 9.17) is 9.47 Å². The quantitative estimate of drug-likeness (QED) is 0.542. The number of hydrogen-bond donors (Lipinski definition) is 0. The fraction of sp³-hybridized carbons (Fsp3) is 0.385. The molecule has 0 heterocycles. The predicted octanol–water partition coefficient (Wildman–Crippen LogP) is 3.44. The molecule has 0 aliphatic rings. The molecular formula is C13H18O2. The zero-order valence-electron chi connectivity index (χ0n) is 9.57. The van der Waals surface area contributed by atoms with Crippen LogP contribution in [0.3, 0.4) is 0 Å². The third kappa shape index (κ3) is 4.17. The molecule has 0 radical (unpaired) electrons. The van der Waals surface area contributed by atoms with Crippen LogP contribution in [0.1, 0.15) is 26.3 Å². The third-order valence-corrected chi connectivity index (χ3v) is 1.87. The zero-order valence-corrected chi connectivity index (χ0v) is 9.57. The molecule has 2 heteroatoms. The minimum Gasteiger partial charge on any atom is -0.465 e. The first-order chi connectivity index (χ1) is 7.09. The molecule has 0 bridgehead atoms. The Bertz CT molecular complexity index is 304. The standard InChI is InChI=1S/C13H18O2/c1-10(2)14-12(4)15-11(3)13-8-6-5-7-9-13/h5-10,12H,3H2,1-2,4H3. The SMILES string of the molecule is C=C(OC(C)OC(C)C)c1ccccc1. The second kappa shape index (κ2) is 5.56. The normalized spacial score (nSPS) is 12.5. The highest BCUT2D eigenvalue weighted by atomic mass is 16.7. The monoisotopic (exact) mass is 206 g/mol. The zero-order chi connectivity index (χ0) is 11.3. The van der Waals surface area contributed by atoms with Crippen molar-refractivity contribution in [1.29, 1.82) is 0 Å². The van der Waals surface area contributed by atoms with E-state index in [9.17, 15) is 0 Å². The van der Waals surface area contributed by atoms with Gasteiger partial charge in [-0.3, -0.25) is 0 Å². The van der Waals surface area contributed by atoms with Gasteiger partial charge in [-0.15, -0.1) is 0 Å². The van der Waals surface area contributed by atoms with Crippen LogP contribution in [0.4, 0.5) is 0 Å². The molecule has 0 saturated carbocycles. The second-order valence-electron chi connectivity index (χ2n) is 3.66. The van der Waals surface area contributed by atoms with Crippen molar-refractivity contribution in [3.63, 3.8) is 0 Å². The Kier molecular flexibility index (Phi) is 4.37. The van der Waals surface area contributed by atoms with Gasteiger partial charge in [-0.1, -0.05) is 36.9 Å². The first kappa shape index (κ1) is 11.8. The maximum Gasteiger partial charge on any atom is 0.197 e. The van der Waals surface area contributed by atoms with Crippen LogP contribution in [0.2, 0.25) is 0 Å². The van der Waals surface area contributed by atoms with Gasteiger partial charge in [-0.25, -0.2) is 0 Å². The van der Waals surface area contributed by atoms with Gasteiger partial charge >= 0.3 is 0 Å². The van der Waals surface area contributed by atoms with Gasteiger partial charge in [0.05, 0.1) is 6.10 Å². The van der Waals surface area contributed by atoms with E-state index >= 15 is 0 Å². The average molecular weight is 206 g/mol. The Morgan fingerprint density at radius 2 is 1.73 bits per heavy atom. The summed E-state index contributed by atoms with van der Waals surface area (Å²) in [6.07, 6.45) is -0.110. The molecule has 0 amide bonds. The molecule has 0 aromatic heterocycles. The Labute approximate surface area is 91.5 Å². The summed E-state index contributed by atoms with van der Waals surface area (Å²) in [5, 5.41) is 0. The average Bonchev–Trinajstić information content (AvgIpc) is 2.17. The summed E-state index contributed by atoms with van der Waals surface area (Å²) in [5.74, 6) is 0.642. The van der Waals surface area contributed by atoms with E-state index in [0.717, 1.165) is 5.56 Å². The topological polar surface area (TPSA) is 18.5 Å². The summed E-state index contributed by atoms with van der Waals surface area (Å²) in [4.78, 5) is 0. The van der Waals surface area contributed by atoms with Crippen molar-refractivity contribution in [2.75, 3.05) is 0 Å². The molecule has 1 unspecified atom stereocenters. The molecule has 2 nitrogen and oxygen atoms in total. The minimum atomic E-state index is -0.266. The molecule has 15 heavy (non-hydrogen) atoms. The molecule has 0 aliphatic heterocycles. The molecule has 0 aliphatic carbocycles. The van der Waals surface area contributed by atoms with Gasteiger partial charge in [0.2, 0.25) is 0 Å². The number of rotatable bonds is 5. The predicted molar refractivity (Wildman–Crippen MR) is 62.2 cm³/mol. The van der Waals surface area contributed by atoms with Crippen LogP contribution in [0.5, 0.6) is 0 Å². The summed E-state index contributed by atoms with van der Waals surface area (Å²) in [6, 6.07) is 9.80. The fourth-order valence-corrected chi connectivity index (χ4v) is 1.30. The number of ether oxygens (including phenoxy) is 2. The van der Waals surface area contributed by atoms with Gasteiger partial charge in [0.1, 0.15) is 5.76 Å². The van der Waals surface area contributed by atoms with Crippen LogP contribution in [0, 0.1) is 0 Å². The van der Waals surface area contributed by atoms with Gasteiger partial charge in [-0.2, -0.15) is 0 Å². The Morgan fingerprint density at radius 1 is 1.13 bits per heavy atom. The second-order valence-corrected chi connectivity index (χ2v) is 3.66. The first-order valence-electron chi connectivity index (χ1n) is 5.16. The molecule has 0 fully saturated rings. The van der Waals surface area contributed by atoms with Crippen LogP contribution < -0.4 is 0 Å². The van der Waals surface area contributed by atoms with Crippen molar-refractivity contribution in [1.82, 2.24) is 0 Å². The minimum absolute atomic E-state index is 0.156. The lowest BCUT2D eigenvalue weighted by Crippen LogP contribution is -2.16. The lowest BCUT2D eigenvalue weighted by molar-refractivity contribution is -0.110. The van der Waals surface area contributed by atoms with E-state index in [-0.39, 0.29) is 12.4 Å². The van der Waals surface area contributed by atoms with E-state index in [0.29, 0.717) is 5.76 Å². The Morgan fingerprint density at radius 3 is 2.27 bits per heavy atom. The van der Waals surface area contributed by atoms with Gasteiger partial charge in [0.15, 0.2) is 6.29 Å². The molecule has 1 aromatic rings. The van der Waals surface area contributed by atoms with E-state index in [2.05, 4.69) is 6.58 Å². The summed E-state index contributed by atoms with van der Waals surface area (Å²) < 4.78 is 11.0. The van der Waals surface area contributed by atoms with Gasteiger partial charge in [0, 0.05) is 5.56 Å². The maximum atomic E-state index is 5.53. The highest BCUT2D eigenvalue weighted by molar-refractivity contribution is 5.56. The van der Waals surface area contributed by atoms with E-state index < -0.39 is 0 Å². The van der Waals surface area contributed by atoms with Crippen LogP contribution in [-0.4, -0.2) is 12.4 Å². The molecule has 1 rings (SSSR count). The van der Waals surface area contributed by atoms with Gasteiger partial charge in [-0.05, 0) is 20.8 Å².